The maximum Gasteiger partial charge on any atom is 0.332 e. The Morgan fingerprint density at radius 2 is 2.12 bits per heavy atom. The van der Waals surface area contributed by atoms with Crippen molar-refractivity contribution < 1.29 is 24.2 Å². The van der Waals surface area contributed by atoms with Crippen LogP contribution in [0.2, 0.25) is 0 Å². The highest BCUT2D eigenvalue weighted by Crippen LogP contribution is 2.41. The third-order valence-electron chi connectivity index (χ3n) is 2.69. The lowest BCUT2D eigenvalue weighted by atomic mass is 9.71. The SMILES string of the molecule is CC1(C(=O)O)C=C(F)C=C(C(=O)O)C1CCl. The largest absolute Gasteiger partial charge is 0.481 e. The summed E-state index contributed by atoms with van der Waals surface area (Å²) in [6.07, 6.45) is 1.69. The molecule has 0 fully saturated rings. The van der Waals surface area contributed by atoms with Crippen LogP contribution in [-0.2, 0) is 9.59 Å². The fraction of sp³-hybridized carbons (Fsp3) is 0.400. The van der Waals surface area contributed by atoms with E-state index in [9.17, 15) is 14.0 Å². The average Bonchev–Trinajstić information content (AvgIpc) is 2.16. The van der Waals surface area contributed by atoms with Gasteiger partial charge in [0.2, 0.25) is 0 Å². The van der Waals surface area contributed by atoms with Crippen molar-refractivity contribution in [2.75, 3.05) is 5.88 Å². The van der Waals surface area contributed by atoms with Crippen LogP contribution in [0.1, 0.15) is 6.92 Å². The first-order chi connectivity index (χ1) is 7.32. The summed E-state index contributed by atoms with van der Waals surface area (Å²) in [5, 5.41) is 17.9. The molecule has 0 heterocycles. The van der Waals surface area contributed by atoms with Crippen LogP contribution < -0.4 is 0 Å². The van der Waals surface area contributed by atoms with Gasteiger partial charge in [0.05, 0.1) is 5.41 Å². The van der Waals surface area contributed by atoms with Crippen molar-refractivity contribution in [3.63, 3.8) is 0 Å². The van der Waals surface area contributed by atoms with Crippen molar-refractivity contribution in [2.24, 2.45) is 11.3 Å². The molecule has 1 rings (SSSR count). The van der Waals surface area contributed by atoms with Crippen molar-refractivity contribution in [1.82, 2.24) is 0 Å². The van der Waals surface area contributed by atoms with E-state index in [0.717, 1.165) is 12.2 Å². The molecule has 0 aromatic heterocycles. The number of carbonyl (C=O) groups is 2. The highest BCUT2D eigenvalue weighted by atomic mass is 35.5. The van der Waals surface area contributed by atoms with Gasteiger partial charge in [-0.3, -0.25) is 4.79 Å². The summed E-state index contributed by atoms with van der Waals surface area (Å²) in [5.74, 6) is -4.70. The monoisotopic (exact) mass is 248 g/mol. The highest BCUT2D eigenvalue weighted by Gasteiger charge is 2.45. The number of allylic oxidation sites excluding steroid dienone is 2. The molecule has 1 aliphatic carbocycles. The second-order valence-electron chi connectivity index (χ2n) is 3.73. The highest BCUT2D eigenvalue weighted by molar-refractivity contribution is 6.19. The molecular weight excluding hydrogens is 239 g/mol. The van der Waals surface area contributed by atoms with Crippen molar-refractivity contribution >= 4 is 23.5 Å². The van der Waals surface area contributed by atoms with Crippen molar-refractivity contribution in [3.8, 4) is 0 Å². The Kier molecular flexibility index (Phi) is 3.38. The van der Waals surface area contributed by atoms with Gasteiger partial charge in [0.1, 0.15) is 5.83 Å². The zero-order valence-electron chi connectivity index (χ0n) is 8.41. The number of rotatable bonds is 3. The number of aliphatic carboxylic acids is 2. The number of hydrogen-bond donors (Lipinski definition) is 2. The van der Waals surface area contributed by atoms with Crippen LogP contribution in [-0.4, -0.2) is 28.0 Å². The maximum absolute atomic E-state index is 13.2. The molecule has 0 saturated carbocycles. The van der Waals surface area contributed by atoms with E-state index < -0.39 is 29.1 Å². The molecule has 2 atom stereocenters. The number of alkyl halides is 1. The predicted molar refractivity (Wildman–Crippen MR) is 54.9 cm³/mol. The Labute approximate surface area is 96.0 Å². The van der Waals surface area contributed by atoms with Gasteiger partial charge in [-0.05, 0) is 19.1 Å². The summed E-state index contributed by atoms with van der Waals surface area (Å²) in [4.78, 5) is 21.9. The minimum absolute atomic E-state index is 0.204. The van der Waals surface area contributed by atoms with Gasteiger partial charge >= 0.3 is 11.9 Å². The molecule has 0 bridgehead atoms. The van der Waals surface area contributed by atoms with Gasteiger partial charge in [-0.25, -0.2) is 9.18 Å². The molecule has 0 saturated heterocycles. The number of carboxylic acids is 2. The normalized spacial score (nSPS) is 29.3. The number of carboxylic acid groups (broad SMARTS) is 2. The topological polar surface area (TPSA) is 74.6 Å². The summed E-state index contributed by atoms with van der Waals surface area (Å²) >= 11 is 5.58. The van der Waals surface area contributed by atoms with E-state index in [2.05, 4.69) is 0 Å². The van der Waals surface area contributed by atoms with Gasteiger partial charge in [0.25, 0.3) is 0 Å². The Morgan fingerprint density at radius 3 is 2.50 bits per heavy atom. The molecule has 0 radical (unpaired) electrons. The number of halogens is 2. The number of hydrogen-bond acceptors (Lipinski definition) is 2. The standard InChI is InChI=1S/C10H10ClFO4/c1-10(9(15)16)3-5(12)2-6(8(13)14)7(10)4-11/h2-3,7H,4H2,1H3,(H,13,14)(H,15,16). The van der Waals surface area contributed by atoms with Gasteiger partial charge in [0.15, 0.2) is 0 Å². The zero-order chi connectivity index (χ0) is 12.5. The van der Waals surface area contributed by atoms with Crippen molar-refractivity contribution in [3.05, 3.63) is 23.6 Å². The van der Waals surface area contributed by atoms with Crippen molar-refractivity contribution in [2.45, 2.75) is 6.92 Å². The quantitative estimate of drug-likeness (QED) is 0.747. The summed E-state index contributed by atoms with van der Waals surface area (Å²) in [5.41, 5.74) is -1.95. The van der Waals surface area contributed by atoms with Crippen LogP contribution in [0.15, 0.2) is 23.6 Å². The van der Waals surface area contributed by atoms with Crippen LogP contribution in [0, 0.1) is 11.3 Å². The first kappa shape index (κ1) is 12.7. The molecule has 4 nitrogen and oxygen atoms in total. The average molecular weight is 249 g/mol. The lowest BCUT2D eigenvalue weighted by molar-refractivity contribution is -0.147. The molecule has 0 amide bonds. The molecule has 0 aliphatic heterocycles. The van der Waals surface area contributed by atoms with Crippen molar-refractivity contribution in [1.29, 1.82) is 0 Å². The molecule has 0 aromatic carbocycles. The minimum atomic E-state index is -1.63. The van der Waals surface area contributed by atoms with Gasteiger partial charge in [-0.2, -0.15) is 0 Å². The summed E-state index contributed by atoms with van der Waals surface area (Å²) in [6.45, 7) is 1.25. The summed E-state index contributed by atoms with van der Waals surface area (Å²) in [7, 11) is 0. The van der Waals surface area contributed by atoms with E-state index >= 15 is 0 Å². The van der Waals surface area contributed by atoms with E-state index in [0.29, 0.717) is 0 Å². The maximum atomic E-state index is 13.2. The molecule has 2 unspecified atom stereocenters. The van der Waals surface area contributed by atoms with E-state index in [1.807, 2.05) is 0 Å². The molecular formula is C10H10ClFO4. The molecule has 88 valence electrons. The molecule has 0 aromatic rings. The van der Waals surface area contributed by atoms with E-state index in [1.165, 1.54) is 6.92 Å². The van der Waals surface area contributed by atoms with Gasteiger partial charge in [0, 0.05) is 17.4 Å². The Bertz CT molecular complexity index is 402. The first-order valence-corrected chi connectivity index (χ1v) is 4.99. The minimum Gasteiger partial charge on any atom is -0.481 e. The summed E-state index contributed by atoms with van der Waals surface area (Å²) < 4.78 is 13.2. The second kappa shape index (κ2) is 4.25. The van der Waals surface area contributed by atoms with E-state index in [-0.39, 0.29) is 11.5 Å². The van der Waals surface area contributed by atoms with Gasteiger partial charge in [-0.15, -0.1) is 11.6 Å². The molecule has 0 spiro atoms. The second-order valence-corrected chi connectivity index (χ2v) is 4.04. The third-order valence-corrected chi connectivity index (χ3v) is 3.00. The Morgan fingerprint density at radius 1 is 1.56 bits per heavy atom. The lowest BCUT2D eigenvalue weighted by Gasteiger charge is -2.32. The fourth-order valence-electron chi connectivity index (χ4n) is 1.67. The van der Waals surface area contributed by atoms with E-state index in [1.54, 1.807) is 0 Å². The lowest BCUT2D eigenvalue weighted by Crippen LogP contribution is -2.39. The smallest absolute Gasteiger partial charge is 0.332 e. The molecule has 16 heavy (non-hydrogen) atoms. The van der Waals surface area contributed by atoms with Crippen LogP contribution in [0.4, 0.5) is 4.39 Å². The predicted octanol–water partition coefficient (Wildman–Crippen LogP) is 1.81. The first-order valence-electron chi connectivity index (χ1n) is 4.45. The summed E-state index contributed by atoms with van der Waals surface area (Å²) in [6, 6.07) is 0. The fourth-order valence-corrected chi connectivity index (χ4v) is 2.15. The van der Waals surface area contributed by atoms with Crippen LogP contribution in [0.3, 0.4) is 0 Å². The molecule has 6 heteroatoms. The van der Waals surface area contributed by atoms with Gasteiger partial charge < -0.3 is 10.2 Å². The van der Waals surface area contributed by atoms with Crippen LogP contribution >= 0.6 is 11.6 Å². The molecule has 1 aliphatic rings. The third kappa shape index (κ3) is 1.95. The Hall–Kier alpha value is -1.36. The van der Waals surface area contributed by atoms with Crippen LogP contribution in [0.5, 0.6) is 0 Å². The van der Waals surface area contributed by atoms with Gasteiger partial charge in [-0.1, -0.05) is 0 Å². The Balaban J connectivity index is 3.31. The van der Waals surface area contributed by atoms with E-state index in [4.69, 9.17) is 21.8 Å². The zero-order valence-corrected chi connectivity index (χ0v) is 9.16. The molecule has 2 N–H and O–H groups in total. The van der Waals surface area contributed by atoms with Crippen LogP contribution in [0.25, 0.3) is 0 Å².